The first-order valence-corrected chi connectivity index (χ1v) is 7.28. The summed E-state index contributed by atoms with van der Waals surface area (Å²) in [6, 6.07) is 12.8. The van der Waals surface area contributed by atoms with Crippen LogP contribution in [0.3, 0.4) is 0 Å². The fraction of sp³-hybridized carbons (Fsp3) is 0.333. The number of hydrogen-bond donors (Lipinski definition) is 1. The molecule has 1 aliphatic heterocycles. The van der Waals surface area contributed by atoms with Crippen LogP contribution in [-0.2, 0) is 6.42 Å². The normalized spacial score (nSPS) is 17.2. The average molecular weight is 283 g/mol. The Hall–Kier alpha value is -2.00. The van der Waals surface area contributed by atoms with Crippen molar-refractivity contribution < 1.29 is 9.47 Å². The van der Waals surface area contributed by atoms with Crippen molar-refractivity contribution in [3.05, 3.63) is 58.7 Å². The lowest BCUT2D eigenvalue weighted by Crippen LogP contribution is -2.31. The summed E-state index contributed by atoms with van der Waals surface area (Å²) in [4.78, 5) is 0. The van der Waals surface area contributed by atoms with Gasteiger partial charge in [0.25, 0.3) is 0 Å². The average Bonchev–Trinajstić information content (AvgIpc) is 2.54. The molecule has 21 heavy (non-hydrogen) atoms. The van der Waals surface area contributed by atoms with E-state index in [1.165, 1.54) is 22.3 Å². The van der Waals surface area contributed by atoms with E-state index in [1.54, 1.807) is 14.2 Å². The zero-order valence-electron chi connectivity index (χ0n) is 12.8. The Labute approximate surface area is 125 Å². The van der Waals surface area contributed by atoms with Gasteiger partial charge in [-0.3, -0.25) is 0 Å². The van der Waals surface area contributed by atoms with Gasteiger partial charge < -0.3 is 14.8 Å². The molecular formula is C18H21NO2. The van der Waals surface area contributed by atoms with E-state index in [0.29, 0.717) is 0 Å². The predicted octanol–water partition coefficient (Wildman–Crippen LogP) is 3.25. The summed E-state index contributed by atoms with van der Waals surface area (Å²) < 4.78 is 11.1. The summed E-state index contributed by atoms with van der Waals surface area (Å²) in [5.74, 6) is 1.87. The summed E-state index contributed by atoms with van der Waals surface area (Å²) >= 11 is 0. The van der Waals surface area contributed by atoms with Gasteiger partial charge in [0.15, 0.2) is 0 Å². The lowest BCUT2D eigenvalue weighted by molar-refractivity contribution is 0.382. The molecule has 3 nitrogen and oxygen atoms in total. The molecule has 0 radical (unpaired) electrons. The Balaban J connectivity index is 2.13. The molecule has 0 aromatic heterocycles. The van der Waals surface area contributed by atoms with E-state index in [9.17, 15) is 0 Å². The van der Waals surface area contributed by atoms with Crippen LogP contribution in [0.5, 0.6) is 11.5 Å². The van der Waals surface area contributed by atoms with Gasteiger partial charge in [0.2, 0.25) is 0 Å². The molecule has 1 unspecified atom stereocenters. The largest absolute Gasteiger partial charge is 0.496 e. The molecule has 3 rings (SSSR count). The molecule has 0 spiro atoms. The molecular weight excluding hydrogens is 262 g/mol. The number of benzene rings is 2. The van der Waals surface area contributed by atoms with Crippen LogP contribution >= 0.6 is 0 Å². The fourth-order valence-corrected chi connectivity index (χ4v) is 3.05. The molecule has 1 atom stereocenters. The Morgan fingerprint density at radius 1 is 0.952 bits per heavy atom. The third-order valence-electron chi connectivity index (χ3n) is 4.14. The third-order valence-corrected chi connectivity index (χ3v) is 4.14. The van der Waals surface area contributed by atoms with Crippen LogP contribution < -0.4 is 14.8 Å². The van der Waals surface area contributed by atoms with Crippen LogP contribution in [0.2, 0.25) is 0 Å². The molecule has 1 N–H and O–H groups in total. The second kappa shape index (κ2) is 5.78. The molecule has 0 bridgehead atoms. The van der Waals surface area contributed by atoms with Crippen molar-refractivity contribution in [2.45, 2.75) is 19.4 Å². The fourth-order valence-electron chi connectivity index (χ4n) is 3.05. The number of methoxy groups -OCH3 is 2. The maximum Gasteiger partial charge on any atom is 0.124 e. The molecule has 2 aromatic rings. The van der Waals surface area contributed by atoms with Gasteiger partial charge in [0.1, 0.15) is 11.5 Å². The van der Waals surface area contributed by atoms with Gasteiger partial charge >= 0.3 is 0 Å². The lowest BCUT2D eigenvalue weighted by atomic mass is 9.88. The van der Waals surface area contributed by atoms with Crippen molar-refractivity contribution in [1.29, 1.82) is 0 Å². The molecule has 110 valence electrons. The molecule has 0 saturated heterocycles. The molecule has 2 aromatic carbocycles. The second-order valence-electron chi connectivity index (χ2n) is 5.41. The van der Waals surface area contributed by atoms with Crippen LogP contribution in [0.1, 0.15) is 28.3 Å². The highest BCUT2D eigenvalue weighted by atomic mass is 16.5. The number of fused-ring (bicyclic) bond motifs is 1. The second-order valence-corrected chi connectivity index (χ2v) is 5.41. The van der Waals surface area contributed by atoms with E-state index in [2.05, 4.69) is 36.5 Å². The Morgan fingerprint density at radius 3 is 2.29 bits per heavy atom. The van der Waals surface area contributed by atoms with Crippen LogP contribution in [0.25, 0.3) is 0 Å². The maximum absolute atomic E-state index is 5.59. The molecule has 0 amide bonds. The lowest BCUT2D eigenvalue weighted by Gasteiger charge is -2.30. The van der Waals surface area contributed by atoms with Gasteiger partial charge in [-0.25, -0.2) is 0 Å². The van der Waals surface area contributed by atoms with E-state index in [4.69, 9.17) is 9.47 Å². The molecule has 1 heterocycles. The number of rotatable bonds is 3. The summed E-state index contributed by atoms with van der Waals surface area (Å²) in [6.45, 7) is 3.05. The SMILES string of the molecule is COc1ccc(OC)c2c1CCNC2c1ccc(C)cc1. The minimum atomic E-state index is 0.152. The minimum Gasteiger partial charge on any atom is -0.496 e. The third kappa shape index (κ3) is 2.49. The van der Waals surface area contributed by atoms with Crippen molar-refractivity contribution in [1.82, 2.24) is 5.32 Å². The van der Waals surface area contributed by atoms with Crippen LogP contribution in [-0.4, -0.2) is 20.8 Å². The van der Waals surface area contributed by atoms with Gasteiger partial charge in [-0.1, -0.05) is 29.8 Å². The molecule has 0 aliphatic carbocycles. The standard InChI is InChI=1S/C18H21NO2/c1-12-4-6-13(7-5-12)18-17-14(10-11-19-18)15(20-2)8-9-16(17)21-3/h4-9,18-19H,10-11H2,1-3H3. The van der Waals surface area contributed by atoms with Crippen molar-refractivity contribution in [3.63, 3.8) is 0 Å². The zero-order chi connectivity index (χ0) is 14.8. The monoisotopic (exact) mass is 283 g/mol. The number of ether oxygens (including phenoxy) is 2. The smallest absolute Gasteiger partial charge is 0.124 e. The van der Waals surface area contributed by atoms with Gasteiger partial charge in [0.05, 0.1) is 20.3 Å². The highest BCUT2D eigenvalue weighted by molar-refractivity contribution is 5.54. The highest BCUT2D eigenvalue weighted by Crippen LogP contribution is 2.40. The Kier molecular flexibility index (Phi) is 3.84. The summed E-state index contributed by atoms with van der Waals surface area (Å²) in [7, 11) is 3.45. The first-order chi connectivity index (χ1) is 10.2. The first-order valence-electron chi connectivity index (χ1n) is 7.28. The van der Waals surface area contributed by atoms with E-state index >= 15 is 0 Å². The van der Waals surface area contributed by atoms with Gasteiger partial charge in [-0.2, -0.15) is 0 Å². The number of nitrogens with one attached hydrogen (secondary N) is 1. The summed E-state index contributed by atoms with van der Waals surface area (Å²) in [5, 5.41) is 3.60. The number of aryl methyl sites for hydroxylation is 1. The Bertz CT molecular complexity index is 634. The van der Waals surface area contributed by atoms with Gasteiger partial charge in [-0.15, -0.1) is 0 Å². The maximum atomic E-state index is 5.59. The predicted molar refractivity (Wildman–Crippen MR) is 84.3 cm³/mol. The molecule has 3 heteroatoms. The van der Waals surface area contributed by atoms with Gasteiger partial charge in [-0.05, 0) is 31.0 Å². The quantitative estimate of drug-likeness (QED) is 0.938. The van der Waals surface area contributed by atoms with E-state index in [0.717, 1.165) is 24.5 Å². The van der Waals surface area contributed by atoms with Crippen LogP contribution in [0.15, 0.2) is 36.4 Å². The molecule has 1 aliphatic rings. The summed E-state index contributed by atoms with van der Waals surface area (Å²) in [5.41, 5.74) is 4.98. The van der Waals surface area contributed by atoms with E-state index in [-0.39, 0.29) is 6.04 Å². The molecule has 0 saturated carbocycles. The summed E-state index contributed by atoms with van der Waals surface area (Å²) in [6.07, 6.45) is 0.956. The van der Waals surface area contributed by atoms with Gasteiger partial charge in [0, 0.05) is 17.7 Å². The zero-order valence-corrected chi connectivity index (χ0v) is 12.8. The highest BCUT2D eigenvalue weighted by Gasteiger charge is 2.27. The van der Waals surface area contributed by atoms with E-state index in [1.807, 2.05) is 12.1 Å². The minimum absolute atomic E-state index is 0.152. The van der Waals surface area contributed by atoms with Crippen molar-refractivity contribution in [2.75, 3.05) is 20.8 Å². The van der Waals surface area contributed by atoms with Crippen molar-refractivity contribution in [3.8, 4) is 11.5 Å². The van der Waals surface area contributed by atoms with Crippen molar-refractivity contribution in [2.24, 2.45) is 0 Å². The van der Waals surface area contributed by atoms with Crippen molar-refractivity contribution >= 4 is 0 Å². The molecule has 0 fully saturated rings. The topological polar surface area (TPSA) is 30.5 Å². The Morgan fingerprint density at radius 2 is 1.62 bits per heavy atom. The van der Waals surface area contributed by atoms with Crippen LogP contribution in [0, 0.1) is 6.92 Å². The van der Waals surface area contributed by atoms with Crippen LogP contribution in [0.4, 0.5) is 0 Å². The van der Waals surface area contributed by atoms with E-state index < -0.39 is 0 Å². The first kappa shape index (κ1) is 14.0. The number of hydrogen-bond acceptors (Lipinski definition) is 3.